The van der Waals surface area contributed by atoms with E-state index in [1.807, 2.05) is 0 Å². The highest BCUT2D eigenvalue weighted by atomic mass is 15.1. The fourth-order valence-electron chi connectivity index (χ4n) is 9.61. The molecule has 8 aromatic carbocycles. The van der Waals surface area contributed by atoms with E-state index in [4.69, 9.17) is 0 Å². The first kappa shape index (κ1) is 33.2. The first-order valence-electron chi connectivity index (χ1n) is 20.0. The van der Waals surface area contributed by atoms with Gasteiger partial charge in [-0.1, -0.05) is 152 Å². The largest absolute Gasteiger partial charge is 0.310 e. The lowest BCUT2D eigenvalue weighted by atomic mass is 9.66. The molecule has 0 aliphatic heterocycles. The summed E-state index contributed by atoms with van der Waals surface area (Å²) >= 11 is 0. The summed E-state index contributed by atoms with van der Waals surface area (Å²) in [5, 5.41) is 2.47. The van der Waals surface area contributed by atoms with Crippen molar-refractivity contribution in [2.24, 2.45) is 0 Å². The van der Waals surface area contributed by atoms with Gasteiger partial charge in [0.15, 0.2) is 0 Å². The van der Waals surface area contributed by atoms with Gasteiger partial charge in [-0.2, -0.15) is 0 Å². The number of anilines is 3. The molecule has 1 aromatic heterocycles. The number of rotatable bonds is 7. The molecule has 11 rings (SSSR count). The van der Waals surface area contributed by atoms with Crippen LogP contribution in [0.4, 0.5) is 17.1 Å². The van der Waals surface area contributed by atoms with Gasteiger partial charge in [-0.15, -0.1) is 0 Å². The van der Waals surface area contributed by atoms with Gasteiger partial charge < -0.3 is 9.47 Å². The summed E-state index contributed by atoms with van der Waals surface area (Å²) in [6.07, 6.45) is 9.33. The van der Waals surface area contributed by atoms with Crippen molar-refractivity contribution >= 4 is 38.9 Å². The standard InChI is InChI=1S/C55H40N2/c1-5-17-41(18-6-1)55(42-19-7-2-8-20-42)51-27-15-13-25-47(51)49-37-40(31-35-52(49)55)39-29-32-45(33-30-39)56(43-21-9-3-10-22-43)46-34-36-54-50(38-46)48-26-14-16-28-53(48)57(54)44-23-11-4-12-24-44/h1,3-7,9-38H,2,8H2. The number of allylic oxidation sites excluding steroid dienone is 4. The Bertz CT molecular complexity index is 2990. The van der Waals surface area contributed by atoms with Crippen LogP contribution in [0.15, 0.2) is 224 Å². The fraction of sp³-hybridized carbons (Fsp3) is 0.0545. The van der Waals surface area contributed by atoms with Crippen LogP contribution >= 0.6 is 0 Å². The minimum absolute atomic E-state index is 0.350. The van der Waals surface area contributed by atoms with E-state index in [0.29, 0.717) is 0 Å². The molecule has 2 aliphatic rings. The van der Waals surface area contributed by atoms with Crippen molar-refractivity contribution in [3.63, 3.8) is 0 Å². The molecule has 2 nitrogen and oxygen atoms in total. The first-order chi connectivity index (χ1) is 28.3. The van der Waals surface area contributed by atoms with Gasteiger partial charge in [-0.3, -0.25) is 0 Å². The predicted octanol–water partition coefficient (Wildman–Crippen LogP) is 14.5. The smallest absolute Gasteiger partial charge is 0.0710 e. The number of benzene rings is 8. The van der Waals surface area contributed by atoms with Crippen LogP contribution < -0.4 is 4.90 Å². The maximum atomic E-state index is 2.46. The van der Waals surface area contributed by atoms with Crippen molar-refractivity contribution in [1.29, 1.82) is 0 Å². The molecule has 0 amide bonds. The maximum absolute atomic E-state index is 2.46. The fourth-order valence-corrected chi connectivity index (χ4v) is 9.61. The number of para-hydroxylation sites is 3. The van der Waals surface area contributed by atoms with Crippen LogP contribution in [0.25, 0.3) is 49.7 Å². The van der Waals surface area contributed by atoms with E-state index >= 15 is 0 Å². The van der Waals surface area contributed by atoms with E-state index in [2.05, 4.69) is 228 Å². The van der Waals surface area contributed by atoms with E-state index in [-0.39, 0.29) is 5.41 Å². The van der Waals surface area contributed by atoms with Crippen LogP contribution in [0.5, 0.6) is 0 Å². The molecule has 0 spiro atoms. The Labute approximate surface area is 333 Å². The van der Waals surface area contributed by atoms with Crippen molar-refractivity contribution in [3.05, 3.63) is 241 Å². The lowest BCUT2D eigenvalue weighted by Crippen LogP contribution is -2.29. The van der Waals surface area contributed by atoms with Crippen LogP contribution in [-0.4, -0.2) is 4.57 Å². The highest BCUT2D eigenvalue weighted by Crippen LogP contribution is 2.57. The van der Waals surface area contributed by atoms with Crippen LogP contribution in [0.2, 0.25) is 0 Å². The van der Waals surface area contributed by atoms with E-state index < -0.39 is 0 Å². The summed E-state index contributed by atoms with van der Waals surface area (Å²) in [5.74, 6) is 0. The average molecular weight is 729 g/mol. The molecular formula is C55H40N2. The van der Waals surface area contributed by atoms with Crippen molar-refractivity contribution in [1.82, 2.24) is 4.57 Å². The quantitative estimate of drug-likeness (QED) is 0.159. The van der Waals surface area contributed by atoms with Gasteiger partial charge in [0.1, 0.15) is 0 Å². The summed E-state index contributed by atoms with van der Waals surface area (Å²) in [5.41, 5.74) is 17.0. The topological polar surface area (TPSA) is 8.17 Å². The van der Waals surface area contributed by atoms with Crippen LogP contribution in [0.3, 0.4) is 0 Å². The number of fused-ring (bicyclic) bond motifs is 6. The average Bonchev–Trinajstić information content (AvgIpc) is 3.78. The molecule has 2 aliphatic carbocycles. The van der Waals surface area contributed by atoms with Gasteiger partial charge >= 0.3 is 0 Å². The van der Waals surface area contributed by atoms with Crippen LogP contribution in [-0.2, 0) is 5.41 Å². The number of hydrogen-bond donors (Lipinski definition) is 0. The Morgan fingerprint density at radius 3 is 1.86 bits per heavy atom. The summed E-state index contributed by atoms with van der Waals surface area (Å²) in [4.78, 5) is 2.37. The SMILES string of the molecule is C1=CC(C2(c3ccccc3)c3ccccc3-c3cc(-c4ccc(N(c5ccccc5)c5ccc6c(c5)c5ccccc5n6-c5ccccc5)cc4)ccc32)=CCC1. The monoisotopic (exact) mass is 728 g/mol. The Hall–Kier alpha value is -7.16. The number of hydrogen-bond acceptors (Lipinski definition) is 1. The Kier molecular flexibility index (Phi) is 7.89. The molecule has 0 fully saturated rings. The van der Waals surface area contributed by atoms with Gasteiger partial charge in [0.2, 0.25) is 0 Å². The van der Waals surface area contributed by atoms with Crippen LogP contribution in [0.1, 0.15) is 29.5 Å². The minimum Gasteiger partial charge on any atom is -0.310 e. The normalized spacial score (nSPS) is 15.7. The third kappa shape index (κ3) is 5.25. The van der Waals surface area contributed by atoms with Crippen molar-refractivity contribution in [2.75, 3.05) is 4.90 Å². The molecule has 1 heterocycles. The summed E-state index contributed by atoms with van der Waals surface area (Å²) in [6.45, 7) is 0. The molecule has 270 valence electrons. The lowest BCUT2D eigenvalue weighted by Gasteiger charge is -2.35. The summed E-state index contributed by atoms with van der Waals surface area (Å²) < 4.78 is 2.37. The molecule has 1 atom stereocenters. The van der Waals surface area contributed by atoms with E-state index in [1.54, 1.807) is 0 Å². The molecule has 0 radical (unpaired) electrons. The van der Waals surface area contributed by atoms with Crippen molar-refractivity contribution in [2.45, 2.75) is 18.3 Å². The second kappa shape index (κ2) is 13.5. The molecule has 0 N–H and O–H groups in total. The zero-order valence-electron chi connectivity index (χ0n) is 31.6. The van der Waals surface area contributed by atoms with Gasteiger partial charge in [0.25, 0.3) is 0 Å². The number of nitrogens with zero attached hydrogens (tertiary/aromatic N) is 2. The minimum atomic E-state index is -0.350. The van der Waals surface area contributed by atoms with Crippen LogP contribution in [0, 0.1) is 0 Å². The third-order valence-corrected chi connectivity index (χ3v) is 12.1. The third-order valence-electron chi connectivity index (χ3n) is 12.1. The molecule has 57 heavy (non-hydrogen) atoms. The van der Waals surface area contributed by atoms with Gasteiger partial charge in [-0.25, -0.2) is 0 Å². The van der Waals surface area contributed by atoms with Crippen molar-refractivity contribution in [3.8, 4) is 27.9 Å². The molecule has 1 unspecified atom stereocenters. The molecule has 2 heteroatoms. The Morgan fingerprint density at radius 1 is 0.439 bits per heavy atom. The highest BCUT2D eigenvalue weighted by Gasteiger charge is 2.46. The van der Waals surface area contributed by atoms with Gasteiger partial charge in [-0.05, 0) is 124 Å². The first-order valence-corrected chi connectivity index (χ1v) is 20.0. The summed E-state index contributed by atoms with van der Waals surface area (Å²) in [6, 6.07) is 73.4. The second-order valence-corrected chi connectivity index (χ2v) is 15.2. The second-order valence-electron chi connectivity index (χ2n) is 15.2. The molecule has 0 saturated carbocycles. The Morgan fingerprint density at radius 2 is 1.07 bits per heavy atom. The number of aromatic nitrogens is 1. The lowest BCUT2D eigenvalue weighted by molar-refractivity contribution is 0.751. The zero-order chi connectivity index (χ0) is 37.8. The zero-order valence-corrected chi connectivity index (χ0v) is 31.6. The highest BCUT2D eigenvalue weighted by molar-refractivity contribution is 6.10. The van der Waals surface area contributed by atoms with Gasteiger partial charge in [0.05, 0.1) is 16.4 Å². The van der Waals surface area contributed by atoms with Crippen molar-refractivity contribution < 1.29 is 0 Å². The van der Waals surface area contributed by atoms with E-state index in [1.165, 1.54) is 66.3 Å². The molecule has 0 bridgehead atoms. The summed E-state index contributed by atoms with van der Waals surface area (Å²) in [7, 11) is 0. The Balaban J connectivity index is 1.02. The van der Waals surface area contributed by atoms with E-state index in [0.717, 1.165) is 35.6 Å². The molecule has 9 aromatic rings. The molecular weight excluding hydrogens is 689 g/mol. The molecule has 0 saturated heterocycles. The van der Waals surface area contributed by atoms with E-state index in [9.17, 15) is 0 Å². The van der Waals surface area contributed by atoms with Gasteiger partial charge in [0, 0.05) is 33.5 Å². The maximum Gasteiger partial charge on any atom is 0.0710 e. The predicted molar refractivity (Wildman–Crippen MR) is 239 cm³/mol.